The molecule has 0 aliphatic carbocycles. The SMILES string of the molecule is COc1cc(C)cc2cc(-c3nn([C@H]4CCNC4)c4c(=O)[nH]nc(N)c34)sc12. The van der Waals surface area contributed by atoms with Crippen LogP contribution in [0.1, 0.15) is 18.0 Å². The van der Waals surface area contributed by atoms with E-state index < -0.39 is 0 Å². The third-order valence-corrected chi connectivity index (χ3v) is 6.39. The van der Waals surface area contributed by atoms with Gasteiger partial charge in [-0.25, -0.2) is 5.10 Å². The van der Waals surface area contributed by atoms with Gasteiger partial charge in [0.25, 0.3) is 5.56 Å². The van der Waals surface area contributed by atoms with Gasteiger partial charge in [-0.1, -0.05) is 6.07 Å². The zero-order valence-electron chi connectivity index (χ0n) is 15.6. The van der Waals surface area contributed by atoms with Crippen LogP contribution in [0.15, 0.2) is 23.0 Å². The van der Waals surface area contributed by atoms with Crippen LogP contribution in [0.25, 0.3) is 31.6 Å². The van der Waals surface area contributed by atoms with Gasteiger partial charge in [0.1, 0.15) is 17.0 Å². The number of benzene rings is 1. The first kappa shape index (κ1) is 17.2. The smallest absolute Gasteiger partial charge is 0.290 e. The molecule has 8 nitrogen and oxygen atoms in total. The molecule has 0 radical (unpaired) electrons. The predicted octanol–water partition coefficient (Wildman–Crippen LogP) is 2.43. The highest BCUT2D eigenvalue weighted by molar-refractivity contribution is 7.22. The van der Waals surface area contributed by atoms with Crippen LogP contribution in [-0.2, 0) is 0 Å². The first-order valence-electron chi connectivity index (χ1n) is 9.12. The van der Waals surface area contributed by atoms with Crippen molar-refractivity contribution in [3.8, 4) is 16.3 Å². The number of thiophene rings is 1. The summed E-state index contributed by atoms with van der Waals surface area (Å²) in [6, 6.07) is 6.33. The summed E-state index contributed by atoms with van der Waals surface area (Å²) < 4.78 is 8.42. The van der Waals surface area contributed by atoms with Crippen LogP contribution in [0.5, 0.6) is 5.75 Å². The molecule has 9 heteroatoms. The van der Waals surface area contributed by atoms with Crippen LogP contribution < -0.4 is 21.3 Å². The highest BCUT2D eigenvalue weighted by atomic mass is 32.1. The number of methoxy groups -OCH3 is 1. The second kappa shape index (κ2) is 6.32. The number of aryl methyl sites for hydroxylation is 1. The summed E-state index contributed by atoms with van der Waals surface area (Å²) in [5.74, 6) is 1.11. The summed E-state index contributed by atoms with van der Waals surface area (Å²) >= 11 is 1.58. The monoisotopic (exact) mass is 396 g/mol. The van der Waals surface area contributed by atoms with Crippen molar-refractivity contribution in [2.75, 3.05) is 25.9 Å². The minimum Gasteiger partial charge on any atom is -0.495 e. The third kappa shape index (κ3) is 2.50. The van der Waals surface area contributed by atoms with Gasteiger partial charge < -0.3 is 15.8 Å². The molecule has 5 rings (SSSR count). The fourth-order valence-electron chi connectivity index (χ4n) is 3.93. The van der Waals surface area contributed by atoms with Crippen LogP contribution in [0.2, 0.25) is 0 Å². The lowest BCUT2D eigenvalue weighted by molar-refractivity contribution is 0.420. The van der Waals surface area contributed by atoms with Crippen molar-refractivity contribution in [3.63, 3.8) is 0 Å². The average molecular weight is 396 g/mol. The second-order valence-electron chi connectivity index (χ2n) is 7.10. The molecule has 0 amide bonds. The molecular weight excluding hydrogens is 376 g/mol. The van der Waals surface area contributed by atoms with Crippen molar-refractivity contribution in [2.24, 2.45) is 0 Å². The van der Waals surface area contributed by atoms with Crippen LogP contribution in [0, 0.1) is 6.92 Å². The van der Waals surface area contributed by atoms with Gasteiger partial charge in [-0.15, -0.1) is 11.3 Å². The maximum Gasteiger partial charge on any atom is 0.290 e. The minimum absolute atomic E-state index is 0.116. The molecule has 28 heavy (non-hydrogen) atoms. The Morgan fingerprint density at radius 1 is 1.36 bits per heavy atom. The number of nitrogen functional groups attached to an aromatic ring is 1. The number of fused-ring (bicyclic) bond motifs is 2. The van der Waals surface area contributed by atoms with Crippen molar-refractivity contribution in [3.05, 3.63) is 34.1 Å². The summed E-state index contributed by atoms with van der Waals surface area (Å²) in [7, 11) is 1.67. The lowest BCUT2D eigenvalue weighted by Crippen LogP contribution is -2.19. The number of nitrogens with one attached hydrogen (secondary N) is 2. The number of aromatic amines is 1. The third-order valence-electron chi connectivity index (χ3n) is 5.22. The second-order valence-corrected chi connectivity index (χ2v) is 8.15. The van der Waals surface area contributed by atoms with Crippen molar-refractivity contribution in [2.45, 2.75) is 19.4 Å². The molecular formula is C19H20N6O2S. The first-order valence-corrected chi connectivity index (χ1v) is 9.94. The van der Waals surface area contributed by atoms with Crippen molar-refractivity contribution in [1.29, 1.82) is 0 Å². The number of hydrogen-bond donors (Lipinski definition) is 3. The zero-order chi connectivity index (χ0) is 19.4. The van der Waals surface area contributed by atoms with E-state index in [1.54, 1.807) is 18.4 Å². The van der Waals surface area contributed by atoms with Gasteiger partial charge in [0.15, 0.2) is 5.82 Å². The molecule has 4 aromatic rings. The number of hydrogen-bond acceptors (Lipinski definition) is 7. The first-order chi connectivity index (χ1) is 13.6. The Bertz CT molecular complexity index is 1270. The molecule has 1 saturated heterocycles. The van der Waals surface area contributed by atoms with E-state index in [1.807, 2.05) is 17.7 Å². The lowest BCUT2D eigenvalue weighted by Gasteiger charge is -2.09. The Balaban J connectivity index is 1.81. The Labute approximate surface area is 164 Å². The summed E-state index contributed by atoms with van der Waals surface area (Å²) in [5.41, 5.74) is 8.21. The van der Waals surface area contributed by atoms with Gasteiger partial charge in [-0.3, -0.25) is 9.48 Å². The normalized spacial score (nSPS) is 17.0. The molecule has 1 aromatic carbocycles. The van der Waals surface area contributed by atoms with Gasteiger partial charge in [0, 0.05) is 6.54 Å². The van der Waals surface area contributed by atoms with Gasteiger partial charge in [-0.2, -0.15) is 10.2 Å². The molecule has 1 aliphatic rings. The lowest BCUT2D eigenvalue weighted by atomic mass is 10.1. The fraction of sp³-hybridized carbons (Fsp3) is 0.316. The highest BCUT2D eigenvalue weighted by Gasteiger charge is 2.26. The van der Waals surface area contributed by atoms with Crippen LogP contribution in [0.4, 0.5) is 5.82 Å². The van der Waals surface area contributed by atoms with E-state index in [2.05, 4.69) is 27.6 Å². The number of H-pyrrole nitrogens is 1. The van der Waals surface area contributed by atoms with Crippen molar-refractivity contribution in [1.82, 2.24) is 25.3 Å². The standard InChI is InChI=1S/C19H20N6O2S/c1-9-5-10-7-13(28-17(10)12(6-9)27-2)15-14-16(19(26)23-22-18(14)20)25(24-15)11-3-4-21-8-11/h5-7,11,21H,3-4,8H2,1-2H3,(H2,20,22)(H,23,26)/t11-/m0/s1. The van der Waals surface area contributed by atoms with Crippen molar-refractivity contribution < 1.29 is 4.74 Å². The summed E-state index contributed by atoms with van der Waals surface area (Å²) in [5, 5.41) is 16.3. The Kier molecular flexibility index (Phi) is 3.88. The van der Waals surface area contributed by atoms with Crippen LogP contribution >= 0.6 is 11.3 Å². The molecule has 1 aliphatic heterocycles. The summed E-state index contributed by atoms with van der Waals surface area (Å²) in [4.78, 5) is 13.5. The fourth-order valence-corrected chi connectivity index (χ4v) is 5.06. The largest absolute Gasteiger partial charge is 0.495 e. The van der Waals surface area contributed by atoms with E-state index in [1.165, 1.54) is 0 Å². The molecule has 1 atom stereocenters. The molecule has 0 spiro atoms. The van der Waals surface area contributed by atoms with Gasteiger partial charge >= 0.3 is 0 Å². The van der Waals surface area contributed by atoms with E-state index >= 15 is 0 Å². The number of aromatic nitrogens is 4. The van der Waals surface area contributed by atoms with E-state index in [4.69, 9.17) is 15.6 Å². The quantitative estimate of drug-likeness (QED) is 0.490. The van der Waals surface area contributed by atoms with E-state index in [-0.39, 0.29) is 17.4 Å². The maximum atomic E-state index is 12.6. The molecule has 4 N–H and O–H groups in total. The van der Waals surface area contributed by atoms with E-state index in [9.17, 15) is 4.79 Å². The topological polar surface area (TPSA) is 111 Å². The Morgan fingerprint density at radius 3 is 2.96 bits per heavy atom. The number of nitrogens with two attached hydrogens (primary N) is 1. The average Bonchev–Trinajstić information content (AvgIpc) is 3.40. The maximum absolute atomic E-state index is 12.6. The molecule has 0 saturated carbocycles. The Hall–Kier alpha value is -2.91. The van der Waals surface area contributed by atoms with Crippen LogP contribution in [-0.4, -0.2) is 40.2 Å². The Morgan fingerprint density at radius 2 is 2.21 bits per heavy atom. The van der Waals surface area contributed by atoms with Crippen molar-refractivity contribution >= 4 is 38.1 Å². The molecule has 1 fully saturated rings. The van der Waals surface area contributed by atoms with E-state index in [0.29, 0.717) is 16.6 Å². The van der Waals surface area contributed by atoms with Gasteiger partial charge in [0.05, 0.1) is 28.1 Å². The molecule has 3 aromatic heterocycles. The summed E-state index contributed by atoms with van der Waals surface area (Å²) in [6.45, 7) is 3.72. The molecule has 144 valence electrons. The highest BCUT2D eigenvalue weighted by Crippen LogP contribution is 2.42. The molecule has 0 bridgehead atoms. The number of rotatable bonds is 3. The molecule has 0 unspecified atom stereocenters. The van der Waals surface area contributed by atoms with Crippen LogP contribution in [0.3, 0.4) is 0 Å². The number of nitrogens with zero attached hydrogens (tertiary/aromatic N) is 3. The van der Waals surface area contributed by atoms with Gasteiger partial charge in [-0.05, 0) is 43.0 Å². The number of anilines is 1. The van der Waals surface area contributed by atoms with E-state index in [0.717, 1.165) is 45.8 Å². The minimum atomic E-state index is -0.274. The zero-order valence-corrected chi connectivity index (χ0v) is 16.4. The van der Waals surface area contributed by atoms with Gasteiger partial charge in [0.2, 0.25) is 0 Å². The predicted molar refractivity (Wildman–Crippen MR) is 111 cm³/mol. The molecule has 4 heterocycles. The number of ether oxygens (including phenoxy) is 1. The summed E-state index contributed by atoms with van der Waals surface area (Å²) in [6.07, 6.45) is 0.914.